The molecular weight excluding hydrogens is 292 g/mol. The Kier molecular flexibility index (Phi) is 3.41. The van der Waals surface area contributed by atoms with Gasteiger partial charge in [0, 0.05) is 16.1 Å². The van der Waals surface area contributed by atoms with Crippen LogP contribution in [0.4, 0.5) is 0 Å². The molecule has 0 aliphatic carbocycles. The Morgan fingerprint density at radius 2 is 1.86 bits per heavy atom. The van der Waals surface area contributed by atoms with Gasteiger partial charge in [-0.2, -0.15) is 4.98 Å². The topological polar surface area (TPSA) is 76.2 Å². The number of aromatic carboxylic acids is 1. The van der Waals surface area contributed by atoms with E-state index >= 15 is 0 Å². The van der Waals surface area contributed by atoms with E-state index in [1.165, 1.54) is 12.1 Å². The lowest BCUT2D eigenvalue weighted by atomic mass is 10.1. The molecule has 104 valence electrons. The van der Waals surface area contributed by atoms with Crippen molar-refractivity contribution in [3.8, 4) is 22.8 Å². The van der Waals surface area contributed by atoms with E-state index in [1.807, 2.05) is 6.07 Å². The van der Waals surface area contributed by atoms with Crippen LogP contribution in [0.15, 0.2) is 53.1 Å². The number of nitrogens with zero attached hydrogens (tertiary/aromatic N) is 2. The first kappa shape index (κ1) is 13.3. The van der Waals surface area contributed by atoms with Gasteiger partial charge in [-0.15, -0.1) is 0 Å². The van der Waals surface area contributed by atoms with Gasteiger partial charge >= 0.3 is 5.97 Å². The second-order valence-electron chi connectivity index (χ2n) is 4.32. The molecule has 0 aliphatic heterocycles. The molecule has 0 fully saturated rings. The molecule has 1 heterocycles. The minimum absolute atomic E-state index is 0.162. The number of carboxylic acids is 1. The van der Waals surface area contributed by atoms with Gasteiger partial charge in [-0.3, -0.25) is 0 Å². The van der Waals surface area contributed by atoms with Crippen molar-refractivity contribution >= 4 is 17.6 Å². The van der Waals surface area contributed by atoms with E-state index in [-0.39, 0.29) is 11.5 Å². The van der Waals surface area contributed by atoms with Crippen molar-refractivity contribution in [3.05, 3.63) is 59.1 Å². The van der Waals surface area contributed by atoms with Crippen LogP contribution in [-0.4, -0.2) is 21.2 Å². The van der Waals surface area contributed by atoms with Crippen LogP contribution in [0.3, 0.4) is 0 Å². The number of aromatic nitrogens is 2. The molecule has 0 bridgehead atoms. The smallest absolute Gasteiger partial charge is 0.335 e. The number of rotatable bonds is 3. The van der Waals surface area contributed by atoms with Crippen molar-refractivity contribution in [2.24, 2.45) is 0 Å². The third kappa shape index (κ3) is 2.78. The highest BCUT2D eigenvalue weighted by Gasteiger charge is 2.12. The molecule has 3 rings (SSSR count). The molecule has 0 atom stereocenters. The largest absolute Gasteiger partial charge is 0.478 e. The predicted molar refractivity (Wildman–Crippen MR) is 77.1 cm³/mol. The fraction of sp³-hybridized carbons (Fsp3) is 0. The van der Waals surface area contributed by atoms with Gasteiger partial charge in [0.1, 0.15) is 0 Å². The summed E-state index contributed by atoms with van der Waals surface area (Å²) in [6, 6.07) is 13.4. The average molecular weight is 301 g/mol. The minimum Gasteiger partial charge on any atom is -0.478 e. The molecule has 2 aromatic carbocycles. The Labute approximate surface area is 124 Å². The van der Waals surface area contributed by atoms with Crippen LogP contribution < -0.4 is 0 Å². The monoisotopic (exact) mass is 300 g/mol. The van der Waals surface area contributed by atoms with Crippen molar-refractivity contribution in [3.63, 3.8) is 0 Å². The average Bonchev–Trinajstić information content (AvgIpc) is 2.97. The Balaban J connectivity index is 1.98. The maximum atomic E-state index is 11.0. The Morgan fingerprint density at radius 3 is 2.62 bits per heavy atom. The van der Waals surface area contributed by atoms with E-state index in [0.29, 0.717) is 16.4 Å². The molecule has 0 saturated carbocycles. The lowest BCUT2D eigenvalue weighted by Gasteiger charge is -1.97. The minimum atomic E-state index is -1.01. The molecule has 5 nitrogen and oxygen atoms in total. The zero-order valence-electron chi connectivity index (χ0n) is 10.7. The predicted octanol–water partition coefficient (Wildman–Crippen LogP) is 3.76. The zero-order valence-corrected chi connectivity index (χ0v) is 11.4. The second kappa shape index (κ2) is 5.38. The Morgan fingerprint density at radius 1 is 1.10 bits per heavy atom. The van der Waals surface area contributed by atoms with Crippen molar-refractivity contribution in [1.29, 1.82) is 0 Å². The Bertz CT molecular complexity index is 814. The van der Waals surface area contributed by atoms with Gasteiger partial charge in [0.05, 0.1) is 5.56 Å². The van der Waals surface area contributed by atoms with Gasteiger partial charge in [0.15, 0.2) is 0 Å². The third-order valence-electron chi connectivity index (χ3n) is 2.87. The Hall–Kier alpha value is -2.66. The molecule has 0 amide bonds. The van der Waals surface area contributed by atoms with Crippen LogP contribution in [0.2, 0.25) is 5.02 Å². The van der Waals surface area contributed by atoms with Crippen LogP contribution in [0, 0.1) is 0 Å². The molecule has 0 unspecified atom stereocenters. The van der Waals surface area contributed by atoms with Gasteiger partial charge in [-0.25, -0.2) is 4.79 Å². The lowest BCUT2D eigenvalue weighted by molar-refractivity contribution is 0.0697. The van der Waals surface area contributed by atoms with Crippen LogP contribution >= 0.6 is 11.6 Å². The molecule has 0 radical (unpaired) electrons. The lowest BCUT2D eigenvalue weighted by Crippen LogP contribution is -1.95. The van der Waals surface area contributed by atoms with Crippen LogP contribution in [-0.2, 0) is 0 Å². The van der Waals surface area contributed by atoms with E-state index in [2.05, 4.69) is 10.1 Å². The normalized spacial score (nSPS) is 10.5. The SMILES string of the molecule is O=C(O)c1cccc(-c2nc(-c3cccc(Cl)c3)no2)c1. The molecular formula is C15H9ClN2O3. The molecule has 1 N–H and O–H groups in total. The number of halogens is 1. The summed E-state index contributed by atoms with van der Waals surface area (Å²) in [6.07, 6.45) is 0. The summed E-state index contributed by atoms with van der Waals surface area (Å²) < 4.78 is 5.18. The highest BCUT2D eigenvalue weighted by molar-refractivity contribution is 6.30. The number of hydrogen-bond acceptors (Lipinski definition) is 4. The summed E-state index contributed by atoms with van der Waals surface area (Å²) in [7, 11) is 0. The number of carboxylic acid groups (broad SMARTS) is 1. The van der Waals surface area contributed by atoms with Crippen LogP contribution in [0.5, 0.6) is 0 Å². The van der Waals surface area contributed by atoms with Gasteiger partial charge in [-0.1, -0.05) is 35.0 Å². The molecule has 21 heavy (non-hydrogen) atoms. The summed E-state index contributed by atoms with van der Waals surface area (Å²) in [4.78, 5) is 15.2. The highest BCUT2D eigenvalue weighted by atomic mass is 35.5. The summed E-state index contributed by atoms with van der Waals surface area (Å²) in [6.45, 7) is 0. The summed E-state index contributed by atoms with van der Waals surface area (Å²) in [5.41, 5.74) is 1.44. The highest BCUT2D eigenvalue weighted by Crippen LogP contribution is 2.24. The van der Waals surface area contributed by atoms with Gasteiger partial charge in [0.25, 0.3) is 5.89 Å². The van der Waals surface area contributed by atoms with Gasteiger partial charge < -0.3 is 9.63 Å². The quantitative estimate of drug-likeness (QED) is 0.797. The first-order valence-electron chi connectivity index (χ1n) is 6.07. The van der Waals surface area contributed by atoms with E-state index in [4.69, 9.17) is 21.2 Å². The summed E-state index contributed by atoms with van der Waals surface area (Å²) >= 11 is 5.92. The standard InChI is InChI=1S/C15H9ClN2O3/c16-12-6-2-3-9(8-12)13-17-14(21-18-13)10-4-1-5-11(7-10)15(19)20/h1-8H,(H,19,20). The summed E-state index contributed by atoms with van der Waals surface area (Å²) in [5, 5.41) is 13.5. The zero-order chi connectivity index (χ0) is 14.8. The van der Waals surface area contributed by atoms with Gasteiger partial charge in [-0.05, 0) is 30.3 Å². The van der Waals surface area contributed by atoms with E-state index < -0.39 is 5.97 Å². The first-order valence-corrected chi connectivity index (χ1v) is 6.44. The molecule has 0 aliphatic rings. The van der Waals surface area contributed by atoms with E-state index in [9.17, 15) is 4.79 Å². The van der Waals surface area contributed by atoms with Crippen molar-refractivity contribution in [2.75, 3.05) is 0 Å². The molecule has 3 aromatic rings. The third-order valence-corrected chi connectivity index (χ3v) is 3.10. The maximum Gasteiger partial charge on any atom is 0.335 e. The number of benzene rings is 2. The van der Waals surface area contributed by atoms with Crippen LogP contribution in [0.1, 0.15) is 10.4 Å². The molecule has 0 saturated heterocycles. The van der Waals surface area contributed by atoms with Crippen LogP contribution in [0.25, 0.3) is 22.8 Å². The van der Waals surface area contributed by atoms with Crippen molar-refractivity contribution in [2.45, 2.75) is 0 Å². The van der Waals surface area contributed by atoms with E-state index in [0.717, 1.165) is 5.56 Å². The number of hydrogen-bond donors (Lipinski definition) is 1. The first-order chi connectivity index (χ1) is 10.1. The van der Waals surface area contributed by atoms with E-state index in [1.54, 1.807) is 30.3 Å². The fourth-order valence-corrected chi connectivity index (χ4v) is 2.06. The van der Waals surface area contributed by atoms with Crippen molar-refractivity contribution in [1.82, 2.24) is 10.1 Å². The van der Waals surface area contributed by atoms with Crippen molar-refractivity contribution < 1.29 is 14.4 Å². The van der Waals surface area contributed by atoms with Gasteiger partial charge in [0.2, 0.25) is 5.82 Å². The molecule has 0 spiro atoms. The molecule has 1 aromatic heterocycles. The summed E-state index contributed by atoms with van der Waals surface area (Å²) in [5.74, 6) is -0.354. The second-order valence-corrected chi connectivity index (χ2v) is 4.76. The number of carbonyl (C=O) groups is 1. The fourth-order valence-electron chi connectivity index (χ4n) is 1.87. The molecule has 6 heteroatoms. The maximum absolute atomic E-state index is 11.0.